The Morgan fingerprint density at radius 3 is 1.66 bits per heavy atom. The van der Waals surface area contributed by atoms with Gasteiger partial charge in [-0.3, -0.25) is 0 Å². The standard InChI is InChI=1S/C35H54O7Si2/c1-9-43(5,6)29-11-21-36-23-25-38-33-17-13-31(14-18-33)35(3,4)32-15-19-34(20-16-32)39-26-28-41-42-40-27-24-37-22-12-30-44(7,8)10-2/h9-10,13-20,26,28H,1-2,11-12,21-25,27,29-30H2,3-8H3. The monoisotopic (exact) mass is 642 g/mol. The zero-order valence-corrected chi connectivity index (χ0v) is 29.8. The Morgan fingerprint density at radius 1 is 0.636 bits per heavy atom. The molecule has 0 aromatic heterocycles. The van der Waals surface area contributed by atoms with Crippen molar-refractivity contribution in [2.45, 2.75) is 70.4 Å². The normalized spacial score (nSPS) is 12.3. The highest BCUT2D eigenvalue weighted by molar-refractivity contribution is 6.82. The lowest BCUT2D eigenvalue weighted by Gasteiger charge is -2.26. The number of hydrogen-bond donors (Lipinski definition) is 0. The van der Waals surface area contributed by atoms with E-state index < -0.39 is 16.1 Å². The van der Waals surface area contributed by atoms with Gasteiger partial charge in [0.2, 0.25) is 0 Å². The van der Waals surface area contributed by atoms with E-state index in [1.165, 1.54) is 35.7 Å². The Kier molecular flexibility index (Phi) is 16.8. The molecule has 9 heteroatoms. The third-order valence-corrected chi connectivity index (χ3v) is 13.2. The molecule has 0 aliphatic rings. The van der Waals surface area contributed by atoms with E-state index in [0.717, 1.165) is 25.2 Å². The Labute approximate surface area is 267 Å². The van der Waals surface area contributed by atoms with Gasteiger partial charge in [-0.1, -0.05) is 76.4 Å². The Balaban J connectivity index is 1.63. The van der Waals surface area contributed by atoms with E-state index in [9.17, 15) is 0 Å². The molecule has 0 N–H and O–H groups in total. The minimum absolute atomic E-state index is 0.194. The van der Waals surface area contributed by atoms with Gasteiger partial charge in [0.05, 0.1) is 29.4 Å². The fourth-order valence-electron chi connectivity index (χ4n) is 4.28. The summed E-state index contributed by atoms with van der Waals surface area (Å²) in [5.74, 6) is 1.52. The average Bonchev–Trinajstić information content (AvgIpc) is 3.01. The predicted octanol–water partition coefficient (Wildman–Crippen LogP) is 8.80. The maximum absolute atomic E-state index is 5.88. The first kappa shape index (κ1) is 37.5. The number of rotatable bonds is 24. The summed E-state index contributed by atoms with van der Waals surface area (Å²) in [7, 11) is -2.49. The van der Waals surface area contributed by atoms with E-state index in [0.29, 0.717) is 32.2 Å². The molecule has 7 nitrogen and oxygen atoms in total. The molecular formula is C35H54O7Si2. The van der Waals surface area contributed by atoms with Crippen LogP contribution in [0, 0.1) is 0 Å². The van der Waals surface area contributed by atoms with Crippen LogP contribution in [0.15, 0.2) is 85.6 Å². The number of hydrogen-bond acceptors (Lipinski definition) is 7. The summed E-state index contributed by atoms with van der Waals surface area (Å²) in [6, 6.07) is 18.6. The van der Waals surface area contributed by atoms with Crippen LogP contribution in [0.25, 0.3) is 0 Å². The van der Waals surface area contributed by atoms with E-state index >= 15 is 0 Å². The lowest BCUT2D eigenvalue weighted by atomic mass is 9.78. The van der Waals surface area contributed by atoms with Crippen LogP contribution in [-0.2, 0) is 29.7 Å². The van der Waals surface area contributed by atoms with Crippen LogP contribution in [-0.4, -0.2) is 55.8 Å². The summed E-state index contributed by atoms with van der Waals surface area (Å²) in [5.41, 5.74) is 6.42. The Bertz CT molecular complexity index is 1110. The zero-order chi connectivity index (χ0) is 32.3. The second-order valence-electron chi connectivity index (χ2n) is 12.7. The molecule has 0 bridgehead atoms. The molecule has 0 spiro atoms. The summed E-state index contributed by atoms with van der Waals surface area (Å²) in [4.78, 5) is 9.77. The Hall–Kier alpha value is -2.67. The van der Waals surface area contributed by atoms with Crippen molar-refractivity contribution < 1.29 is 33.8 Å². The van der Waals surface area contributed by atoms with E-state index in [2.05, 4.69) is 93.9 Å². The van der Waals surface area contributed by atoms with Crippen LogP contribution < -0.4 is 9.47 Å². The second kappa shape index (κ2) is 19.7. The van der Waals surface area contributed by atoms with Crippen molar-refractivity contribution in [3.63, 3.8) is 0 Å². The second-order valence-corrected chi connectivity index (χ2v) is 22.5. The molecule has 0 aliphatic carbocycles. The molecule has 0 aliphatic heterocycles. The minimum Gasteiger partial charge on any atom is -0.491 e. The van der Waals surface area contributed by atoms with Gasteiger partial charge in [0.1, 0.15) is 31.0 Å². The summed E-state index contributed by atoms with van der Waals surface area (Å²) < 4.78 is 22.7. The smallest absolute Gasteiger partial charge is 0.167 e. The molecule has 2 rings (SSSR count). The van der Waals surface area contributed by atoms with Crippen LogP contribution in [0.2, 0.25) is 38.3 Å². The first-order valence-corrected chi connectivity index (χ1v) is 22.1. The fourth-order valence-corrected chi connectivity index (χ4v) is 6.80. The fraction of sp³-hybridized carbons (Fsp3) is 0.486. The molecule has 0 heterocycles. The topological polar surface area (TPSA) is 64.6 Å². The molecule has 2 aromatic rings. The number of benzene rings is 2. The highest BCUT2D eigenvalue weighted by Gasteiger charge is 2.23. The quantitative estimate of drug-likeness (QED) is 0.0373. The van der Waals surface area contributed by atoms with E-state index in [-0.39, 0.29) is 12.0 Å². The summed E-state index contributed by atoms with van der Waals surface area (Å²) in [5, 5.41) is 4.66. The van der Waals surface area contributed by atoms with Gasteiger partial charge in [-0.15, -0.1) is 24.6 Å². The molecule has 0 atom stereocenters. The zero-order valence-electron chi connectivity index (χ0n) is 27.8. The van der Waals surface area contributed by atoms with Crippen LogP contribution in [0.4, 0.5) is 0 Å². The van der Waals surface area contributed by atoms with Crippen LogP contribution in [0.1, 0.15) is 37.8 Å². The first-order chi connectivity index (χ1) is 21.0. The lowest BCUT2D eigenvalue weighted by Crippen LogP contribution is -2.22. The molecule has 0 radical (unpaired) electrons. The molecule has 0 saturated carbocycles. The van der Waals surface area contributed by atoms with Gasteiger partial charge >= 0.3 is 0 Å². The van der Waals surface area contributed by atoms with E-state index in [4.69, 9.17) is 28.7 Å². The maximum Gasteiger partial charge on any atom is 0.167 e. The van der Waals surface area contributed by atoms with Crippen molar-refractivity contribution in [2.75, 3.05) is 39.6 Å². The van der Waals surface area contributed by atoms with Gasteiger partial charge in [0.25, 0.3) is 0 Å². The lowest BCUT2D eigenvalue weighted by molar-refractivity contribution is -0.491. The third kappa shape index (κ3) is 14.9. The largest absolute Gasteiger partial charge is 0.491 e. The van der Waals surface area contributed by atoms with Crippen LogP contribution in [0.5, 0.6) is 11.5 Å². The highest BCUT2D eigenvalue weighted by atomic mass is 28.3. The molecule has 0 unspecified atom stereocenters. The van der Waals surface area contributed by atoms with Gasteiger partial charge in [-0.25, -0.2) is 0 Å². The summed E-state index contributed by atoms with van der Waals surface area (Å²) in [6.45, 7) is 24.8. The van der Waals surface area contributed by atoms with Gasteiger partial charge in [0.15, 0.2) is 6.26 Å². The molecule has 44 heavy (non-hydrogen) atoms. The minimum atomic E-state index is -1.25. The SMILES string of the molecule is C=C[Si](C)(C)CCCOCCOOOC=COc1ccc(C(C)(C)c2ccc(OCCOCCC[Si](C)(C)C=C)cc2)cc1. The first-order valence-electron chi connectivity index (χ1n) is 15.5. The molecule has 0 saturated heterocycles. The Morgan fingerprint density at radius 2 is 1.14 bits per heavy atom. The van der Waals surface area contributed by atoms with Gasteiger partial charge < -0.3 is 23.8 Å². The summed E-state index contributed by atoms with van der Waals surface area (Å²) >= 11 is 0. The maximum atomic E-state index is 5.88. The summed E-state index contributed by atoms with van der Waals surface area (Å²) in [6.07, 6.45) is 4.76. The molecule has 2 aromatic carbocycles. The van der Waals surface area contributed by atoms with Gasteiger partial charge in [0, 0.05) is 18.6 Å². The molecule has 0 amide bonds. The highest BCUT2D eigenvalue weighted by Crippen LogP contribution is 2.33. The van der Waals surface area contributed by atoms with Crippen molar-refractivity contribution in [3.05, 3.63) is 96.7 Å². The van der Waals surface area contributed by atoms with Gasteiger partial charge in [-0.05, 0) is 53.3 Å². The van der Waals surface area contributed by atoms with Crippen molar-refractivity contribution in [1.82, 2.24) is 0 Å². The van der Waals surface area contributed by atoms with E-state index in [1.807, 2.05) is 24.3 Å². The van der Waals surface area contributed by atoms with Crippen molar-refractivity contribution in [2.24, 2.45) is 0 Å². The van der Waals surface area contributed by atoms with E-state index in [1.54, 1.807) is 0 Å². The third-order valence-electron chi connectivity index (χ3n) is 7.69. The molecule has 244 valence electrons. The van der Waals surface area contributed by atoms with Crippen LogP contribution in [0.3, 0.4) is 0 Å². The predicted molar refractivity (Wildman–Crippen MR) is 184 cm³/mol. The van der Waals surface area contributed by atoms with Crippen molar-refractivity contribution in [3.8, 4) is 11.5 Å². The van der Waals surface area contributed by atoms with Crippen molar-refractivity contribution in [1.29, 1.82) is 0 Å². The van der Waals surface area contributed by atoms with Gasteiger partial charge in [-0.2, -0.15) is 4.89 Å². The molecule has 0 fully saturated rings. The van der Waals surface area contributed by atoms with Crippen molar-refractivity contribution >= 4 is 16.1 Å². The average molecular weight is 643 g/mol. The van der Waals surface area contributed by atoms with Crippen LogP contribution >= 0.6 is 0 Å². The number of ether oxygens (including phenoxy) is 4. The molecular weight excluding hydrogens is 589 g/mol.